The summed E-state index contributed by atoms with van der Waals surface area (Å²) in [7, 11) is 0. The molecule has 4 nitrogen and oxygen atoms in total. The van der Waals surface area contributed by atoms with Crippen molar-refractivity contribution >= 4 is 5.69 Å². The van der Waals surface area contributed by atoms with Crippen molar-refractivity contribution < 1.29 is 17.9 Å². The van der Waals surface area contributed by atoms with Crippen LogP contribution in [-0.4, -0.2) is 35.0 Å². The Morgan fingerprint density at radius 2 is 1.76 bits per heavy atom. The van der Waals surface area contributed by atoms with Crippen LogP contribution < -0.4 is 9.64 Å². The Morgan fingerprint density at radius 1 is 1.07 bits per heavy atom. The molecule has 0 unspecified atom stereocenters. The average molecular weight is 405 g/mol. The quantitative estimate of drug-likeness (QED) is 0.709. The molecule has 29 heavy (non-hydrogen) atoms. The zero-order valence-corrected chi connectivity index (χ0v) is 17.0. The van der Waals surface area contributed by atoms with Crippen LogP contribution in [0.4, 0.5) is 18.9 Å². The molecule has 1 aliphatic heterocycles. The highest BCUT2D eigenvalue weighted by atomic mass is 19.4. The fourth-order valence-corrected chi connectivity index (χ4v) is 3.93. The molecule has 0 amide bonds. The van der Waals surface area contributed by atoms with Gasteiger partial charge in [0.2, 0.25) is 0 Å². The highest BCUT2D eigenvalue weighted by molar-refractivity contribution is 5.51. The molecule has 2 aliphatic rings. The summed E-state index contributed by atoms with van der Waals surface area (Å²) in [6, 6.07) is 10.4. The van der Waals surface area contributed by atoms with Gasteiger partial charge in [0.25, 0.3) is 0 Å². The van der Waals surface area contributed by atoms with Crippen molar-refractivity contribution in [1.29, 1.82) is 0 Å². The summed E-state index contributed by atoms with van der Waals surface area (Å²) < 4.78 is 41.1. The third-order valence-electron chi connectivity index (χ3n) is 5.73. The zero-order valence-electron chi connectivity index (χ0n) is 17.0. The van der Waals surface area contributed by atoms with Crippen LogP contribution in [-0.2, 0) is 12.0 Å². The van der Waals surface area contributed by atoms with Crippen molar-refractivity contribution in [2.24, 2.45) is 0 Å². The molecule has 4 rings (SSSR count). The minimum absolute atomic E-state index is 0.00452. The predicted molar refractivity (Wildman–Crippen MR) is 106 cm³/mol. The first-order valence-electron chi connectivity index (χ1n) is 9.85. The number of benzene rings is 1. The summed E-state index contributed by atoms with van der Waals surface area (Å²) in [5.41, 5.74) is 3.41. The van der Waals surface area contributed by atoms with Crippen LogP contribution in [0.5, 0.6) is 5.75 Å². The molecule has 1 spiro atoms. The van der Waals surface area contributed by atoms with Gasteiger partial charge in [0, 0.05) is 41.6 Å². The van der Waals surface area contributed by atoms with E-state index in [0.29, 0.717) is 0 Å². The summed E-state index contributed by atoms with van der Waals surface area (Å²) in [4.78, 5) is 9.23. The van der Waals surface area contributed by atoms with Gasteiger partial charge < -0.3 is 9.64 Å². The lowest BCUT2D eigenvalue weighted by molar-refractivity contribution is -0.274. The molecule has 0 atom stereocenters. The predicted octanol–water partition coefficient (Wildman–Crippen LogP) is 5.09. The van der Waals surface area contributed by atoms with Gasteiger partial charge in [-0.3, -0.25) is 9.88 Å². The second-order valence-corrected chi connectivity index (χ2v) is 9.10. The van der Waals surface area contributed by atoms with E-state index >= 15 is 0 Å². The summed E-state index contributed by atoms with van der Waals surface area (Å²) in [5, 5.41) is 0. The van der Waals surface area contributed by atoms with Crippen molar-refractivity contribution in [1.82, 2.24) is 9.88 Å². The van der Waals surface area contributed by atoms with Crippen LogP contribution in [0.15, 0.2) is 42.6 Å². The van der Waals surface area contributed by atoms with Crippen LogP contribution >= 0.6 is 0 Å². The molecule has 0 bridgehead atoms. The number of ether oxygens (including phenoxy) is 1. The Hall–Kier alpha value is -2.28. The third-order valence-corrected chi connectivity index (χ3v) is 5.73. The second kappa shape index (κ2) is 6.90. The van der Waals surface area contributed by atoms with E-state index in [9.17, 15) is 13.2 Å². The minimum atomic E-state index is -4.67. The molecular weight excluding hydrogens is 379 g/mol. The monoisotopic (exact) mass is 405 g/mol. The summed E-state index contributed by atoms with van der Waals surface area (Å²) in [6.45, 7) is 8.97. The second-order valence-electron chi connectivity index (χ2n) is 9.10. The van der Waals surface area contributed by atoms with E-state index in [0.717, 1.165) is 44.0 Å². The van der Waals surface area contributed by atoms with Gasteiger partial charge in [-0.2, -0.15) is 0 Å². The Labute approximate surface area is 169 Å². The molecule has 2 aromatic rings. The van der Waals surface area contributed by atoms with Gasteiger partial charge in [-0.05, 0) is 54.8 Å². The number of halogens is 3. The maximum atomic E-state index is 12.4. The van der Waals surface area contributed by atoms with Gasteiger partial charge in [-0.15, -0.1) is 13.2 Å². The van der Waals surface area contributed by atoms with Crippen molar-refractivity contribution in [2.45, 2.75) is 57.5 Å². The molecule has 1 aliphatic carbocycles. The molecule has 7 heteroatoms. The number of hydrogen-bond acceptors (Lipinski definition) is 4. The van der Waals surface area contributed by atoms with E-state index in [-0.39, 0.29) is 16.7 Å². The Morgan fingerprint density at radius 3 is 2.34 bits per heavy atom. The Balaban J connectivity index is 1.47. The van der Waals surface area contributed by atoms with E-state index in [1.54, 1.807) is 12.1 Å². The normalized spacial score (nSPS) is 19.0. The smallest absolute Gasteiger partial charge is 0.406 e. The van der Waals surface area contributed by atoms with Gasteiger partial charge >= 0.3 is 6.36 Å². The average Bonchev–Trinajstić information content (AvgIpc) is 3.31. The third kappa shape index (κ3) is 4.50. The summed E-state index contributed by atoms with van der Waals surface area (Å²) in [6.07, 6.45) is -0.491. The van der Waals surface area contributed by atoms with Crippen LogP contribution in [0, 0.1) is 0 Å². The van der Waals surface area contributed by atoms with Crippen LogP contribution in [0.2, 0.25) is 0 Å². The maximum absolute atomic E-state index is 12.4. The van der Waals surface area contributed by atoms with Crippen LogP contribution in [0.1, 0.15) is 44.9 Å². The van der Waals surface area contributed by atoms with Crippen molar-refractivity contribution in [3.8, 4) is 5.75 Å². The van der Waals surface area contributed by atoms with Crippen LogP contribution in [0.25, 0.3) is 0 Å². The molecule has 1 saturated carbocycles. The number of pyridine rings is 1. The molecule has 2 fully saturated rings. The van der Waals surface area contributed by atoms with Gasteiger partial charge in [-0.25, -0.2) is 0 Å². The molecule has 0 radical (unpaired) electrons. The van der Waals surface area contributed by atoms with Gasteiger partial charge in [0.15, 0.2) is 0 Å². The van der Waals surface area contributed by atoms with E-state index in [2.05, 4.69) is 52.4 Å². The SMILES string of the molecule is CC(C)(C)c1cc(CN2CN(c3ccc(OC(F)(F)F)cc3)CC23CC3)ccn1. The topological polar surface area (TPSA) is 28.6 Å². The molecule has 1 aromatic carbocycles. The lowest BCUT2D eigenvalue weighted by Crippen LogP contribution is -2.32. The lowest BCUT2D eigenvalue weighted by Gasteiger charge is -2.24. The molecule has 156 valence electrons. The van der Waals surface area contributed by atoms with Crippen molar-refractivity contribution in [2.75, 3.05) is 18.1 Å². The fourth-order valence-electron chi connectivity index (χ4n) is 3.93. The number of rotatable bonds is 4. The number of anilines is 1. The van der Waals surface area contributed by atoms with Crippen LogP contribution in [0.3, 0.4) is 0 Å². The van der Waals surface area contributed by atoms with Gasteiger partial charge in [-0.1, -0.05) is 20.8 Å². The van der Waals surface area contributed by atoms with Crippen molar-refractivity contribution in [3.63, 3.8) is 0 Å². The minimum Gasteiger partial charge on any atom is -0.406 e. The molecular formula is C22H26F3N3O. The molecule has 2 heterocycles. The number of aromatic nitrogens is 1. The van der Waals surface area contributed by atoms with E-state index in [4.69, 9.17) is 0 Å². The highest BCUT2D eigenvalue weighted by Gasteiger charge is 2.53. The number of nitrogens with zero attached hydrogens (tertiary/aromatic N) is 3. The molecule has 1 saturated heterocycles. The van der Waals surface area contributed by atoms with E-state index < -0.39 is 6.36 Å². The number of alkyl halides is 3. The molecule has 1 aromatic heterocycles. The highest BCUT2D eigenvalue weighted by Crippen LogP contribution is 2.48. The van der Waals surface area contributed by atoms with E-state index in [1.165, 1.54) is 17.7 Å². The Kier molecular flexibility index (Phi) is 4.76. The zero-order chi connectivity index (χ0) is 20.9. The molecule has 0 N–H and O–H groups in total. The van der Waals surface area contributed by atoms with Gasteiger partial charge in [0.1, 0.15) is 5.75 Å². The standard InChI is InChI=1S/C22H26F3N3O/c1-20(2,3)19-12-16(8-11-26-19)13-28-15-27(14-21(28)9-10-21)17-4-6-18(7-5-17)29-22(23,24)25/h4-8,11-12H,9-10,13-15H2,1-3H3. The Bertz CT molecular complexity index is 870. The fraction of sp³-hybridized carbons (Fsp3) is 0.500. The summed E-state index contributed by atoms with van der Waals surface area (Å²) in [5.74, 6) is -0.190. The number of hydrogen-bond donors (Lipinski definition) is 0. The first-order chi connectivity index (χ1) is 13.5. The first-order valence-corrected chi connectivity index (χ1v) is 9.85. The van der Waals surface area contributed by atoms with Gasteiger partial charge in [0.05, 0.1) is 6.67 Å². The first kappa shape index (κ1) is 20.0. The van der Waals surface area contributed by atoms with Crippen molar-refractivity contribution in [3.05, 3.63) is 53.9 Å². The largest absolute Gasteiger partial charge is 0.573 e. The summed E-state index contributed by atoms with van der Waals surface area (Å²) >= 11 is 0. The lowest BCUT2D eigenvalue weighted by atomic mass is 9.91. The maximum Gasteiger partial charge on any atom is 0.573 e. The van der Waals surface area contributed by atoms with E-state index in [1.807, 2.05) is 6.20 Å².